The molecule has 7 nitrogen and oxygen atoms in total. The molecule has 2 rings (SSSR count). The third-order valence-corrected chi connectivity index (χ3v) is 4.70. The molecule has 0 unspecified atom stereocenters. The summed E-state index contributed by atoms with van der Waals surface area (Å²) in [7, 11) is -3.81. The second-order valence-electron chi connectivity index (χ2n) is 4.63. The Morgan fingerprint density at radius 3 is 2.63 bits per heavy atom. The lowest BCUT2D eigenvalue weighted by molar-refractivity contribution is 0.0691. The molecule has 0 radical (unpaired) electrons. The van der Waals surface area contributed by atoms with Crippen molar-refractivity contribution in [3.63, 3.8) is 0 Å². The normalized spacial score (nSPS) is 24.3. The van der Waals surface area contributed by atoms with Gasteiger partial charge in [0.05, 0.1) is 6.10 Å². The van der Waals surface area contributed by atoms with Crippen molar-refractivity contribution < 1.29 is 23.4 Å². The highest BCUT2D eigenvalue weighted by molar-refractivity contribution is 7.89. The van der Waals surface area contributed by atoms with E-state index >= 15 is 0 Å². The van der Waals surface area contributed by atoms with Crippen molar-refractivity contribution in [3.05, 3.63) is 18.0 Å². The molecule has 0 aromatic carbocycles. The predicted molar refractivity (Wildman–Crippen MR) is 66.3 cm³/mol. The number of hydrogen-bond donors (Lipinski definition) is 4. The minimum atomic E-state index is -3.81. The first-order chi connectivity index (χ1) is 8.90. The number of H-pyrrole nitrogens is 1. The van der Waals surface area contributed by atoms with Gasteiger partial charge in [-0.3, -0.25) is 0 Å². The van der Waals surface area contributed by atoms with Gasteiger partial charge in [-0.05, 0) is 18.9 Å². The maximum absolute atomic E-state index is 12.0. The Labute approximate surface area is 110 Å². The van der Waals surface area contributed by atoms with Crippen LogP contribution in [0.4, 0.5) is 0 Å². The average Bonchev–Trinajstić information content (AvgIpc) is 2.82. The Hall–Kier alpha value is -1.38. The minimum absolute atomic E-state index is 0.136. The molecule has 8 heteroatoms. The largest absolute Gasteiger partial charge is 0.477 e. The first-order valence-corrected chi connectivity index (χ1v) is 7.50. The van der Waals surface area contributed by atoms with E-state index in [1.807, 2.05) is 0 Å². The smallest absolute Gasteiger partial charge is 0.352 e. The molecule has 0 amide bonds. The molecule has 2 atom stereocenters. The summed E-state index contributed by atoms with van der Waals surface area (Å²) in [5, 5.41) is 18.5. The van der Waals surface area contributed by atoms with Crippen molar-refractivity contribution in [1.82, 2.24) is 9.71 Å². The molecule has 1 heterocycles. The van der Waals surface area contributed by atoms with Crippen molar-refractivity contribution in [3.8, 4) is 0 Å². The number of carboxylic acids is 1. The van der Waals surface area contributed by atoms with Crippen molar-refractivity contribution in [2.45, 2.75) is 42.7 Å². The highest BCUT2D eigenvalue weighted by atomic mass is 32.2. The van der Waals surface area contributed by atoms with Crippen LogP contribution in [0.3, 0.4) is 0 Å². The van der Waals surface area contributed by atoms with E-state index in [-0.39, 0.29) is 10.6 Å². The third-order valence-electron chi connectivity index (χ3n) is 3.23. The Morgan fingerprint density at radius 2 is 2.05 bits per heavy atom. The van der Waals surface area contributed by atoms with Crippen LogP contribution in [-0.2, 0) is 10.0 Å². The summed E-state index contributed by atoms with van der Waals surface area (Å²) in [6.07, 6.45) is 3.32. The molecule has 1 saturated carbocycles. The fourth-order valence-electron chi connectivity index (χ4n) is 2.17. The van der Waals surface area contributed by atoms with Crippen molar-refractivity contribution in [1.29, 1.82) is 0 Å². The van der Waals surface area contributed by atoms with Gasteiger partial charge in [-0.25, -0.2) is 17.9 Å². The molecule has 1 aliphatic carbocycles. The molecule has 4 N–H and O–H groups in total. The van der Waals surface area contributed by atoms with Gasteiger partial charge in [-0.15, -0.1) is 0 Å². The van der Waals surface area contributed by atoms with Gasteiger partial charge >= 0.3 is 5.97 Å². The zero-order valence-electron chi connectivity index (χ0n) is 10.2. The Bertz CT molecular complexity index is 565. The monoisotopic (exact) mass is 288 g/mol. The number of aromatic nitrogens is 1. The molecule has 1 aromatic rings. The topological polar surface area (TPSA) is 119 Å². The van der Waals surface area contributed by atoms with Crippen LogP contribution >= 0.6 is 0 Å². The van der Waals surface area contributed by atoms with Crippen LogP contribution in [0.1, 0.15) is 36.2 Å². The van der Waals surface area contributed by atoms with Gasteiger partial charge in [-0.1, -0.05) is 12.8 Å². The number of sulfonamides is 1. The zero-order valence-corrected chi connectivity index (χ0v) is 11.0. The van der Waals surface area contributed by atoms with Gasteiger partial charge in [0, 0.05) is 12.2 Å². The Morgan fingerprint density at radius 1 is 1.37 bits per heavy atom. The molecule has 0 spiro atoms. The molecule has 1 fully saturated rings. The van der Waals surface area contributed by atoms with Crippen LogP contribution in [0.2, 0.25) is 0 Å². The maximum atomic E-state index is 12.0. The summed E-state index contributed by atoms with van der Waals surface area (Å²) in [5.74, 6) is -1.22. The number of carbonyl (C=O) groups is 1. The number of rotatable bonds is 4. The lowest BCUT2D eigenvalue weighted by atomic mass is 9.93. The van der Waals surface area contributed by atoms with Crippen LogP contribution in [-0.4, -0.2) is 41.7 Å². The van der Waals surface area contributed by atoms with Crippen LogP contribution in [0.15, 0.2) is 17.2 Å². The summed E-state index contributed by atoms with van der Waals surface area (Å²) in [6.45, 7) is 0. The van der Waals surface area contributed by atoms with E-state index in [0.29, 0.717) is 12.8 Å². The zero-order chi connectivity index (χ0) is 14.0. The number of nitrogens with one attached hydrogen (secondary N) is 2. The first-order valence-electron chi connectivity index (χ1n) is 6.02. The highest BCUT2D eigenvalue weighted by Crippen LogP contribution is 2.21. The Balaban J connectivity index is 2.15. The van der Waals surface area contributed by atoms with Crippen LogP contribution in [0.5, 0.6) is 0 Å². The molecule has 1 aliphatic rings. The van der Waals surface area contributed by atoms with E-state index in [4.69, 9.17) is 5.11 Å². The molecule has 19 heavy (non-hydrogen) atoms. The van der Waals surface area contributed by atoms with Gasteiger partial charge in [0.15, 0.2) is 0 Å². The second kappa shape index (κ2) is 5.32. The number of aliphatic hydroxyl groups is 1. The van der Waals surface area contributed by atoms with Gasteiger partial charge in [0.1, 0.15) is 10.6 Å². The second-order valence-corrected chi connectivity index (χ2v) is 6.35. The number of aliphatic hydroxyl groups excluding tert-OH is 1. The van der Waals surface area contributed by atoms with E-state index < -0.39 is 28.1 Å². The van der Waals surface area contributed by atoms with Crippen LogP contribution in [0, 0.1) is 0 Å². The van der Waals surface area contributed by atoms with Crippen molar-refractivity contribution in [2.24, 2.45) is 0 Å². The van der Waals surface area contributed by atoms with E-state index in [0.717, 1.165) is 25.1 Å². The number of aromatic amines is 1. The number of hydrogen-bond acceptors (Lipinski definition) is 4. The van der Waals surface area contributed by atoms with E-state index in [1.165, 1.54) is 0 Å². The Kier molecular flexibility index (Phi) is 3.93. The fraction of sp³-hybridized carbons (Fsp3) is 0.545. The van der Waals surface area contributed by atoms with E-state index in [2.05, 4.69) is 9.71 Å². The molecule has 0 aliphatic heterocycles. The summed E-state index contributed by atoms with van der Waals surface area (Å²) >= 11 is 0. The number of aromatic carboxylic acids is 1. The summed E-state index contributed by atoms with van der Waals surface area (Å²) < 4.78 is 26.5. The third kappa shape index (κ3) is 3.14. The maximum Gasteiger partial charge on any atom is 0.352 e. The van der Waals surface area contributed by atoms with Crippen LogP contribution < -0.4 is 4.72 Å². The molecule has 0 saturated heterocycles. The molecular weight excluding hydrogens is 272 g/mol. The van der Waals surface area contributed by atoms with Gasteiger partial charge in [0.2, 0.25) is 10.0 Å². The summed E-state index contributed by atoms with van der Waals surface area (Å²) in [6, 6.07) is 0.543. The highest BCUT2D eigenvalue weighted by Gasteiger charge is 2.28. The molecular formula is C11H16N2O5S. The SMILES string of the molecule is O=C(O)c1cc(S(=O)(=O)N[C@H]2CCCC[C@@H]2O)c[nH]1. The predicted octanol–water partition coefficient (Wildman–Crippen LogP) is 0.295. The molecule has 106 valence electrons. The molecule has 1 aromatic heterocycles. The summed E-state index contributed by atoms with van der Waals surface area (Å²) in [5.41, 5.74) is -0.190. The van der Waals surface area contributed by atoms with Crippen LogP contribution in [0.25, 0.3) is 0 Å². The fourth-order valence-corrected chi connectivity index (χ4v) is 3.47. The quantitative estimate of drug-likeness (QED) is 0.635. The molecule has 0 bridgehead atoms. The van der Waals surface area contributed by atoms with Crippen molar-refractivity contribution in [2.75, 3.05) is 0 Å². The minimum Gasteiger partial charge on any atom is -0.477 e. The lowest BCUT2D eigenvalue weighted by Crippen LogP contribution is -2.44. The van der Waals surface area contributed by atoms with Crippen molar-refractivity contribution >= 4 is 16.0 Å². The van der Waals surface area contributed by atoms with E-state index in [9.17, 15) is 18.3 Å². The summed E-state index contributed by atoms with van der Waals surface area (Å²) in [4.78, 5) is 12.9. The number of carboxylic acid groups (broad SMARTS) is 1. The standard InChI is InChI=1S/C11H16N2O5S/c14-10-4-2-1-3-8(10)13-19(17,18)7-5-9(11(15)16)12-6-7/h5-6,8,10,12-14H,1-4H2,(H,15,16)/t8-,10-/m0/s1. The van der Waals surface area contributed by atoms with E-state index in [1.54, 1.807) is 0 Å². The lowest BCUT2D eigenvalue weighted by Gasteiger charge is -2.27. The average molecular weight is 288 g/mol. The first kappa shape index (κ1) is 14.0. The van der Waals surface area contributed by atoms with Gasteiger partial charge in [0.25, 0.3) is 0 Å². The van der Waals surface area contributed by atoms with Gasteiger partial charge in [-0.2, -0.15) is 0 Å². The van der Waals surface area contributed by atoms with Gasteiger partial charge < -0.3 is 15.2 Å².